The molecule has 0 spiro atoms. The van der Waals surface area contributed by atoms with Gasteiger partial charge in [0.25, 0.3) is 0 Å². The molecule has 1 aromatic carbocycles. The SMILES string of the molecule is CC1(C)CCCC1NC1CCCN(Cc2ccccc2)C1. The summed E-state index contributed by atoms with van der Waals surface area (Å²) in [6.07, 6.45) is 6.81. The van der Waals surface area contributed by atoms with Gasteiger partial charge in [-0.2, -0.15) is 0 Å². The van der Waals surface area contributed by atoms with Crippen LogP contribution in [0.3, 0.4) is 0 Å². The fourth-order valence-corrected chi connectivity index (χ4v) is 4.10. The van der Waals surface area contributed by atoms with Crippen molar-refractivity contribution in [2.75, 3.05) is 13.1 Å². The van der Waals surface area contributed by atoms with Gasteiger partial charge in [0.05, 0.1) is 0 Å². The lowest BCUT2D eigenvalue weighted by Gasteiger charge is -2.38. The molecule has 0 amide bonds. The number of benzene rings is 1. The minimum absolute atomic E-state index is 0.488. The molecule has 2 unspecified atom stereocenters. The molecule has 1 aliphatic carbocycles. The van der Waals surface area contributed by atoms with E-state index in [1.54, 1.807) is 0 Å². The van der Waals surface area contributed by atoms with Crippen LogP contribution in [0.15, 0.2) is 30.3 Å². The van der Waals surface area contributed by atoms with Gasteiger partial charge in [0.1, 0.15) is 0 Å². The summed E-state index contributed by atoms with van der Waals surface area (Å²) < 4.78 is 0. The molecule has 1 saturated carbocycles. The number of nitrogens with one attached hydrogen (secondary N) is 1. The Bertz CT molecular complexity index is 440. The number of likely N-dealkylation sites (tertiary alicyclic amines) is 1. The van der Waals surface area contributed by atoms with Crippen LogP contribution in [0.25, 0.3) is 0 Å². The molecule has 0 bridgehead atoms. The van der Waals surface area contributed by atoms with Crippen LogP contribution in [-0.2, 0) is 6.54 Å². The summed E-state index contributed by atoms with van der Waals surface area (Å²) in [5.74, 6) is 0. The molecule has 0 radical (unpaired) electrons. The van der Waals surface area contributed by atoms with Gasteiger partial charge in [0.15, 0.2) is 0 Å². The number of hydrogen-bond acceptors (Lipinski definition) is 2. The summed E-state index contributed by atoms with van der Waals surface area (Å²) in [5, 5.41) is 3.98. The van der Waals surface area contributed by atoms with Gasteiger partial charge in [-0.15, -0.1) is 0 Å². The van der Waals surface area contributed by atoms with Crippen molar-refractivity contribution in [2.24, 2.45) is 5.41 Å². The van der Waals surface area contributed by atoms with Crippen LogP contribution in [-0.4, -0.2) is 30.1 Å². The zero-order chi connectivity index (χ0) is 14.7. The lowest BCUT2D eigenvalue weighted by Crippen LogP contribution is -2.51. The van der Waals surface area contributed by atoms with Crippen molar-refractivity contribution in [3.05, 3.63) is 35.9 Å². The lowest BCUT2D eigenvalue weighted by atomic mass is 9.86. The fraction of sp³-hybridized carbons (Fsp3) is 0.684. The van der Waals surface area contributed by atoms with E-state index >= 15 is 0 Å². The highest BCUT2D eigenvalue weighted by Crippen LogP contribution is 2.37. The smallest absolute Gasteiger partial charge is 0.0234 e. The van der Waals surface area contributed by atoms with E-state index in [1.165, 1.54) is 50.8 Å². The zero-order valence-corrected chi connectivity index (χ0v) is 13.6. The second-order valence-corrected chi connectivity index (χ2v) is 7.66. The molecule has 1 aromatic rings. The minimum Gasteiger partial charge on any atom is -0.309 e. The van der Waals surface area contributed by atoms with Crippen LogP contribution in [0.1, 0.15) is 51.5 Å². The molecule has 2 aliphatic rings. The summed E-state index contributed by atoms with van der Waals surface area (Å²) in [4.78, 5) is 2.62. The third-order valence-corrected chi connectivity index (χ3v) is 5.45. The van der Waals surface area contributed by atoms with E-state index in [9.17, 15) is 0 Å². The Labute approximate surface area is 129 Å². The molecule has 1 saturated heterocycles. The highest BCUT2D eigenvalue weighted by Gasteiger charge is 2.36. The first-order valence-electron chi connectivity index (χ1n) is 8.66. The van der Waals surface area contributed by atoms with Crippen LogP contribution in [0.4, 0.5) is 0 Å². The largest absolute Gasteiger partial charge is 0.309 e. The van der Waals surface area contributed by atoms with Crippen LogP contribution >= 0.6 is 0 Å². The van der Waals surface area contributed by atoms with E-state index in [-0.39, 0.29) is 0 Å². The van der Waals surface area contributed by atoms with E-state index in [0.717, 1.165) is 12.6 Å². The van der Waals surface area contributed by atoms with E-state index in [2.05, 4.69) is 54.4 Å². The molecule has 2 heteroatoms. The Morgan fingerprint density at radius 1 is 1.14 bits per heavy atom. The van der Waals surface area contributed by atoms with Gasteiger partial charge >= 0.3 is 0 Å². The predicted molar refractivity (Wildman–Crippen MR) is 89.3 cm³/mol. The summed E-state index contributed by atoms with van der Waals surface area (Å²) in [6.45, 7) is 8.43. The topological polar surface area (TPSA) is 15.3 Å². The molecule has 1 N–H and O–H groups in total. The Kier molecular flexibility index (Phi) is 4.66. The molecule has 3 rings (SSSR count). The maximum atomic E-state index is 3.98. The minimum atomic E-state index is 0.488. The van der Waals surface area contributed by atoms with Crippen LogP contribution in [0.2, 0.25) is 0 Å². The van der Waals surface area contributed by atoms with Crippen molar-refractivity contribution in [3.63, 3.8) is 0 Å². The van der Waals surface area contributed by atoms with Crippen LogP contribution < -0.4 is 5.32 Å². The lowest BCUT2D eigenvalue weighted by molar-refractivity contribution is 0.157. The highest BCUT2D eigenvalue weighted by atomic mass is 15.2. The Hall–Kier alpha value is -0.860. The van der Waals surface area contributed by atoms with Crippen molar-refractivity contribution in [2.45, 2.75) is 64.6 Å². The molecule has 2 atom stereocenters. The van der Waals surface area contributed by atoms with Crippen molar-refractivity contribution < 1.29 is 0 Å². The Balaban J connectivity index is 1.54. The van der Waals surface area contributed by atoms with Crippen molar-refractivity contribution in [1.29, 1.82) is 0 Å². The third-order valence-electron chi connectivity index (χ3n) is 5.45. The average molecular weight is 286 g/mol. The van der Waals surface area contributed by atoms with Crippen molar-refractivity contribution in [1.82, 2.24) is 10.2 Å². The van der Waals surface area contributed by atoms with Gasteiger partial charge in [-0.1, -0.05) is 50.6 Å². The zero-order valence-electron chi connectivity index (χ0n) is 13.6. The highest BCUT2D eigenvalue weighted by molar-refractivity contribution is 5.14. The average Bonchev–Trinajstić information content (AvgIpc) is 2.79. The number of rotatable bonds is 4. The quantitative estimate of drug-likeness (QED) is 0.905. The van der Waals surface area contributed by atoms with E-state index in [0.29, 0.717) is 11.5 Å². The molecule has 1 heterocycles. The van der Waals surface area contributed by atoms with Crippen LogP contribution in [0.5, 0.6) is 0 Å². The Morgan fingerprint density at radius 2 is 1.95 bits per heavy atom. The molecule has 2 fully saturated rings. The van der Waals surface area contributed by atoms with Crippen LogP contribution in [0, 0.1) is 5.41 Å². The third kappa shape index (κ3) is 3.87. The second kappa shape index (κ2) is 6.50. The number of hydrogen-bond donors (Lipinski definition) is 1. The van der Waals surface area contributed by atoms with Gasteiger partial charge in [-0.05, 0) is 43.2 Å². The molecular weight excluding hydrogens is 256 g/mol. The second-order valence-electron chi connectivity index (χ2n) is 7.66. The van der Waals surface area contributed by atoms with E-state index < -0.39 is 0 Å². The monoisotopic (exact) mass is 286 g/mol. The maximum Gasteiger partial charge on any atom is 0.0234 e. The predicted octanol–water partition coefficient (Wildman–Crippen LogP) is 3.82. The van der Waals surface area contributed by atoms with Gasteiger partial charge < -0.3 is 5.32 Å². The van der Waals surface area contributed by atoms with Gasteiger partial charge in [-0.3, -0.25) is 4.90 Å². The number of nitrogens with zero attached hydrogens (tertiary/aromatic N) is 1. The van der Waals surface area contributed by atoms with E-state index in [1.807, 2.05) is 0 Å². The van der Waals surface area contributed by atoms with Gasteiger partial charge in [0.2, 0.25) is 0 Å². The first-order chi connectivity index (χ1) is 10.1. The fourth-order valence-electron chi connectivity index (χ4n) is 4.10. The van der Waals surface area contributed by atoms with Crippen molar-refractivity contribution >= 4 is 0 Å². The molecule has 21 heavy (non-hydrogen) atoms. The summed E-state index contributed by atoms with van der Waals surface area (Å²) in [6, 6.07) is 12.3. The summed E-state index contributed by atoms with van der Waals surface area (Å²) in [5.41, 5.74) is 1.93. The molecule has 1 aliphatic heterocycles. The van der Waals surface area contributed by atoms with Crippen molar-refractivity contribution in [3.8, 4) is 0 Å². The standard InChI is InChI=1S/C19H30N2/c1-19(2)12-6-11-18(19)20-17-10-7-13-21(15-17)14-16-8-4-3-5-9-16/h3-5,8-9,17-18,20H,6-7,10-15H2,1-2H3. The molecule has 2 nitrogen and oxygen atoms in total. The van der Waals surface area contributed by atoms with E-state index in [4.69, 9.17) is 0 Å². The van der Waals surface area contributed by atoms with Gasteiger partial charge in [-0.25, -0.2) is 0 Å². The molecule has 116 valence electrons. The maximum absolute atomic E-state index is 3.98. The first-order valence-corrected chi connectivity index (χ1v) is 8.66. The molecular formula is C19H30N2. The molecule has 0 aromatic heterocycles. The Morgan fingerprint density at radius 3 is 2.67 bits per heavy atom. The number of piperidine rings is 1. The first kappa shape index (κ1) is 15.1. The normalized spacial score (nSPS) is 29.6. The van der Waals surface area contributed by atoms with Gasteiger partial charge in [0, 0.05) is 25.2 Å². The summed E-state index contributed by atoms with van der Waals surface area (Å²) >= 11 is 0. The summed E-state index contributed by atoms with van der Waals surface area (Å²) in [7, 11) is 0.